The van der Waals surface area contributed by atoms with Crippen molar-refractivity contribution >= 4 is 17.7 Å². The van der Waals surface area contributed by atoms with E-state index in [9.17, 15) is 0 Å². The van der Waals surface area contributed by atoms with Crippen LogP contribution in [0.2, 0.25) is 0 Å². The summed E-state index contributed by atoms with van der Waals surface area (Å²) in [5, 5.41) is 9.07. The third-order valence-electron chi connectivity index (χ3n) is 3.13. The van der Waals surface area contributed by atoms with Gasteiger partial charge in [0.2, 0.25) is 5.95 Å². The molecule has 0 saturated heterocycles. The first kappa shape index (κ1) is 11.8. The molecule has 1 saturated carbocycles. The van der Waals surface area contributed by atoms with Crippen molar-refractivity contribution in [3.63, 3.8) is 0 Å². The van der Waals surface area contributed by atoms with E-state index in [-0.39, 0.29) is 0 Å². The number of nitrogens with two attached hydrogens (primary N) is 1. The second kappa shape index (κ2) is 5.08. The molecule has 0 atom stereocenters. The second-order valence-electron chi connectivity index (χ2n) is 4.77. The molecular weight excluding hydrogens is 220 g/mol. The van der Waals surface area contributed by atoms with Crippen molar-refractivity contribution in [1.82, 2.24) is 14.8 Å². The van der Waals surface area contributed by atoms with Gasteiger partial charge in [0.25, 0.3) is 0 Å². The molecule has 2 rings (SSSR count). The molecule has 2 N–H and O–H groups in total. The lowest BCUT2D eigenvalue weighted by Crippen LogP contribution is -2.08. The minimum Gasteiger partial charge on any atom is -0.368 e. The highest BCUT2D eigenvalue weighted by Gasteiger charge is 2.18. The first-order chi connectivity index (χ1) is 7.68. The van der Waals surface area contributed by atoms with Crippen LogP contribution >= 0.6 is 11.8 Å². The minimum absolute atomic E-state index is 0.334. The maximum absolute atomic E-state index is 5.80. The number of thioether (sulfide) groups is 1. The summed E-state index contributed by atoms with van der Waals surface area (Å²) >= 11 is 1.80. The van der Waals surface area contributed by atoms with Crippen LogP contribution in [-0.2, 0) is 0 Å². The smallest absolute Gasteiger partial charge is 0.222 e. The first-order valence-electron chi connectivity index (χ1n) is 6.01. The van der Waals surface area contributed by atoms with Gasteiger partial charge in [-0.15, -0.1) is 10.2 Å². The summed E-state index contributed by atoms with van der Waals surface area (Å²) in [6.07, 6.45) is 5.53. The lowest BCUT2D eigenvalue weighted by Gasteiger charge is -2.12. The quantitative estimate of drug-likeness (QED) is 0.822. The van der Waals surface area contributed by atoms with Gasteiger partial charge in [0.15, 0.2) is 5.16 Å². The summed E-state index contributed by atoms with van der Waals surface area (Å²) in [6.45, 7) is 4.22. The van der Waals surface area contributed by atoms with E-state index in [1.54, 1.807) is 11.8 Å². The molecule has 0 radical (unpaired) electrons. The number of aromatic nitrogens is 3. The summed E-state index contributed by atoms with van der Waals surface area (Å²) in [5.74, 6) is 2.55. The van der Waals surface area contributed by atoms with Crippen molar-refractivity contribution in [3.8, 4) is 0 Å². The van der Waals surface area contributed by atoms with Crippen LogP contribution in [0.1, 0.15) is 45.6 Å². The van der Waals surface area contributed by atoms with E-state index in [0.29, 0.717) is 12.0 Å². The van der Waals surface area contributed by atoms with Crippen LogP contribution in [-0.4, -0.2) is 20.5 Å². The zero-order chi connectivity index (χ0) is 11.5. The Bertz CT molecular complexity index is 342. The number of hydrogen-bond acceptors (Lipinski definition) is 4. The first-order valence-corrected chi connectivity index (χ1v) is 7.00. The van der Waals surface area contributed by atoms with Crippen molar-refractivity contribution in [2.24, 2.45) is 5.92 Å². The number of nitrogen functional groups attached to an aromatic ring is 1. The molecule has 4 nitrogen and oxygen atoms in total. The van der Waals surface area contributed by atoms with Gasteiger partial charge in [0.1, 0.15) is 0 Å². The van der Waals surface area contributed by atoms with Crippen LogP contribution in [0.4, 0.5) is 5.95 Å². The van der Waals surface area contributed by atoms with E-state index in [1.807, 2.05) is 4.57 Å². The van der Waals surface area contributed by atoms with Crippen molar-refractivity contribution in [3.05, 3.63) is 0 Å². The lowest BCUT2D eigenvalue weighted by molar-refractivity contribution is 0.554. The Morgan fingerprint density at radius 3 is 2.69 bits per heavy atom. The normalized spacial score (nSPS) is 17.4. The third-order valence-corrected chi connectivity index (χ3v) is 4.30. The van der Waals surface area contributed by atoms with Gasteiger partial charge >= 0.3 is 0 Å². The summed E-state index contributed by atoms with van der Waals surface area (Å²) in [4.78, 5) is 0. The Morgan fingerprint density at radius 1 is 1.38 bits per heavy atom. The van der Waals surface area contributed by atoms with Gasteiger partial charge in [0.05, 0.1) is 0 Å². The van der Waals surface area contributed by atoms with Crippen molar-refractivity contribution in [1.29, 1.82) is 0 Å². The van der Waals surface area contributed by atoms with E-state index >= 15 is 0 Å². The number of hydrogen-bond donors (Lipinski definition) is 1. The Hall–Kier alpha value is -0.710. The van der Waals surface area contributed by atoms with Crippen LogP contribution in [0.25, 0.3) is 0 Å². The Morgan fingerprint density at radius 2 is 2.06 bits per heavy atom. The number of anilines is 1. The standard InChI is InChI=1S/C11H20N4S/c1-8(2)15-10(12)13-14-11(15)16-7-9-5-3-4-6-9/h8-9H,3-7H2,1-2H3,(H2,12,13). The van der Waals surface area contributed by atoms with Gasteiger partial charge in [-0.3, -0.25) is 4.57 Å². The van der Waals surface area contributed by atoms with Gasteiger partial charge in [0, 0.05) is 11.8 Å². The summed E-state index contributed by atoms with van der Waals surface area (Å²) in [7, 11) is 0. The zero-order valence-electron chi connectivity index (χ0n) is 10.0. The highest BCUT2D eigenvalue weighted by atomic mass is 32.2. The molecule has 1 fully saturated rings. The average Bonchev–Trinajstić information content (AvgIpc) is 2.83. The maximum atomic E-state index is 5.80. The lowest BCUT2D eigenvalue weighted by atomic mass is 10.1. The molecule has 0 aliphatic heterocycles. The van der Waals surface area contributed by atoms with Crippen LogP contribution in [0.5, 0.6) is 0 Å². The largest absolute Gasteiger partial charge is 0.368 e. The van der Waals surface area contributed by atoms with Gasteiger partial charge in [-0.2, -0.15) is 0 Å². The molecule has 90 valence electrons. The predicted octanol–water partition coefficient (Wildman–Crippen LogP) is 2.72. The summed E-state index contributed by atoms with van der Waals surface area (Å²) < 4.78 is 2.01. The van der Waals surface area contributed by atoms with Crippen molar-refractivity contribution in [2.45, 2.75) is 50.7 Å². The van der Waals surface area contributed by atoms with Crippen LogP contribution in [0, 0.1) is 5.92 Å². The average molecular weight is 240 g/mol. The molecule has 1 aliphatic rings. The predicted molar refractivity (Wildman–Crippen MR) is 67.5 cm³/mol. The van der Waals surface area contributed by atoms with E-state index in [1.165, 1.54) is 25.7 Å². The Balaban J connectivity index is 1.97. The number of rotatable bonds is 4. The number of nitrogens with zero attached hydrogens (tertiary/aromatic N) is 3. The Labute approximate surface area is 101 Å². The minimum atomic E-state index is 0.334. The highest BCUT2D eigenvalue weighted by molar-refractivity contribution is 7.99. The van der Waals surface area contributed by atoms with Crippen LogP contribution in [0.15, 0.2) is 5.16 Å². The van der Waals surface area contributed by atoms with Crippen molar-refractivity contribution in [2.75, 3.05) is 11.5 Å². The molecule has 1 heterocycles. The molecule has 0 aromatic carbocycles. The van der Waals surface area contributed by atoms with Gasteiger partial charge in [-0.05, 0) is 32.6 Å². The molecule has 0 bridgehead atoms. The fourth-order valence-corrected chi connectivity index (χ4v) is 3.50. The van der Waals surface area contributed by atoms with Crippen molar-refractivity contribution < 1.29 is 0 Å². The Kier molecular flexibility index (Phi) is 3.74. The van der Waals surface area contributed by atoms with E-state index < -0.39 is 0 Å². The van der Waals surface area contributed by atoms with E-state index in [2.05, 4.69) is 24.0 Å². The van der Waals surface area contributed by atoms with Gasteiger partial charge in [-0.25, -0.2) is 0 Å². The van der Waals surface area contributed by atoms with Gasteiger partial charge < -0.3 is 5.73 Å². The van der Waals surface area contributed by atoms with Crippen LogP contribution < -0.4 is 5.73 Å². The molecule has 0 unspecified atom stereocenters. The molecular formula is C11H20N4S. The molecule has 0 spiro atoms. The maximum Gasteiger partial charge on any atom is 0.222 e. The molecule has 0 amide bonds. The molecule has 16 heavy (non-hydrogen) atoms. The summed E-state index contributed by atoms with van der Waals surface area (Å²) in [6, 6.07) is 0.334. The second-order valence-corrected chi connectivity index (χ2v) is 5.75. The highest BCUT2D eigenvalue weighted by Crippen LogP contribution is 2.31. The fourth-order valence-electron chi connectivity index (χ4n) is 2.24. The van der Waals surface area contributed by atoms with E-state index in [0.717, 1.165) is 16.8 Å². The summed E-state index contributed by atoms with van der Waals surface area (Å²) in [5.41, 5.74) is 5.80. The topological polar surface area (TPSA) is 56.7 Å². The van der Waals surface area contributed by atoms with Crippen LogP contribution in [0.3, 0.4) is 0 Å². The molecule has 1 aromatic heterocycles. The molecule has 1 aliphatic carbocycles. The molecule has 1 aromatic rings. The monoisotopic (exact) mass is 240 g/mol. The zero-order valence-corrected chi connectivity index (χ0v) is 10.8. The SMILES string of the molecule is CC(C)n1c(N)nnc1SCC1CCCC1. The fraction of sp³-hybridized carbons (Fsp3) is 0.818. The third kappa shape index (κ3) is 2.51. The molecule has 5 heteroatoms. The van der Waals surface area contributed by atoms with Gasteiger partial charge in [-0.1, -0.05) is 24.6 Å². The van der Waals surface area contributed by atoms with E-state index in [4.69, 9.17) is 5.73 Å².